The van der Waals surface area contributed by atoms with Crippen molar-refractivity contribution in [3.8, 4) is 5.75 Å². The van der Waals surface area contributed by atoms with E-state index in [1.165, 1.54) is 0 Å². The summed E-state index contributed by atoms with van der Waals surface area (Å²) < 4.78 is 5.24. The second kappa shape index (κ2) is 6.16. The molecule has 1 amide bonds. The van der Waals surface area contributed by atoms with Crippen LogP contribution in [0.1, 0.15) is 51.3 Å². The molecule has 3 atom stereocenters. The number of aromatic hydroxyl groups is 1. The average molecular weight is 306 g/mol. The van der Waals surface area contributed by atoms with Crippen LogP contribution in [0.5, 0.6) is 5.75 Å². The smallest absolute Gasteiger partial charge is 0.407 e. The van der Waals surface area contributed by atoms with Gasteiger partial charge in [-0.2, -0.15) is 0 Å². The predicted molar refractivity (Wildman–Crippen MR) is 86.0 cm³/mol. The first kappa shape index (κ1) is 16.6. The number of aryl methyl sites for hydroxylation is 1. The van der Waals surface area contributed by atoms with E-state index in [1.807, 2.05) is 46.8 Å². The fourth-order valence-electron chi connectivity index (χ4n) is 2.43. The predicted octanol–water partition coefficient (Wildman–Crippen LogP) is 3.02. The first-order valence-electron chi connectivity index (χ1n) is 7.71. The van der Waals surface area contributed by atoms with Gasteiger partial charge in [-0.3, -0.25) is 0 Å². The molecule has 1 aliphatic carbocycles. The van der Waals surface area contributed by atoms with E-state index < -0.39 is 5.60 Å². The van der Waals surface area contributed by atoms with E-state index in [2.05, 4.69) is 10.6 Å². The van der Waals surface area contributed by atoms with Crippen molar-refractivity contribution in [1.82, 2.24) is 10.6 Å². The maximum absolute atomic E-state index is 11.7. The van der Waals surface area contributed by atoms with Gasteiger partial charge in [-0.25, -0.2) is 4.79 Å². The third-order valence-corrected chi connectivity index (χ3v) is 3.61. The van der Waals surface area contributed by atoms with E-state index in [9.17, 15) is 9.90 Å². The summed E-state index contributed by atoms with van der Waals surface area (Å²) in [5.74, 6) is 0.303. The summed E-state index contributed by atoms with van der Waals surface area (Å²) in [5.41, 5.74) is 1.42. The Hall–Kier alpha value is -1.75. The first-order valence-corrected chi connectivity index (χ1v) is 7.71. The normalized spacial score (nSPS) is 22.0. The maximum atomic E-state index is 11.7. The Bertz CT molecular complexity index is 551. The zero-order valence-corrected chi connectivity index (χ0v) is 13.9. The van der Waals surface area contributed by atoms with Gasteiger partial charge in [0.2, 0.25) is 0 Å². The minimum atomic E-state index is -0.483. The number of phenols is 1. The van der Waals surface area contributed by atoms with Crippen molar-refractivity contribution < 1.29 is 14.6 Å². The van der Waals surface area contributed by atoms with Gasteiger partial charge < -0.3 is 20.5 Å². The van der Waals surface area contributed by atoms with E-state index in [0.717, 1.165) is 17.5 Å². The second-order valence-corrected chi connectivity index (χ2v) is 7.05. The van der Waals surface area contributed by atoms with Crippen molar-refractivity contribution in [3.63, 3.8) is 0 Å². The number of amides is 1. The summed E-state index contributed by atoms with van der Waals surface area (Å²) in [6.07, 6.45) is 0.489. The van der Waals surface area contributed by atoms with Gasteiger partial charge in [0, 0.05) is 23.7 Å². The summed E-state index contributed by atoms with van der Waals surface area (Å²) in [6.45, 7) is 9.49. The minimum Gasteiger partial charge on any atom is -0.508 e. The zero-order chi connectivity index (χ0) is 16.5. The highest BCUT2D eigenvalue weighted by Crippen LogP contribution is 2.29. The van der Waals surface area contributed by atoms with Crippen LogP contribution >= 0.6 is 0 Å². The van der Waals surface area contributed by atoms with Gasteiger partial charge in [-0.05, 0) is 52.7 Å². The van der Waals surface area contributed by atoms with Crippen molar-refractivity contribution in [1.29, 1.82) is 0 Å². The second-order valence-electron chi connectivity index (χ2n) is 7.05. The molecular weight excluding hydrogens is 280 g/mol. The molecule has 2 rings (SSSR count). The van der Waals surface area contributed by atoms with Crippen LogP contribution in [0.25, 0.3) is 0 Å². The Morgan fingerprint density at radius 3 is 2.64 bits per heavy atom. The average Bonchev–Trinajstić information content (AvgIpc) is 3.03. The Morgan fingerprint density at radius 1 is 1.36 bits per heavy atom. The molecule has 122 valence electrons. The van der Waals surface area contributed by atoms with Crippen LogP contribution in [0.4, 0.5) is 4.79 Å². The first-order chi connectivity index (χ1) is 10.2. The van der Waals surface area contributed by atoms with Crippen LogP contribution in [-0.2, 0) is 4.74 Å². The Balaban J connectivity index is 1.82. The number of benzene rings is 1. The molecule has 1 aromatic rings. The number of carbonyl (C=O) groups excluding carboxylic acids is 1. The van der Waals surface area contributed by atoms with Gasteiger partial charge in [-0.1, -0.05) is 12.1 Å². The largest absolute Gasteiger partial charge is 0.508 e. The van der Waals surface area contributed by atoms with E-state index in [1.54, 1.807) is 6.07 Å². The molecule has 0 bridgehead atoms. The van der Waals surface area contributed by atoms with Crippen molar-refractivity contribution >= 4 is 6.09 Å². The highest BCUT2D eigenvalue weighted by molar-refractivity contribution is 5.68. The molecular formula is C17H26N2O3. The zero-order valence-electron chi connectivity index (χ0n) is 13.9. The fourth-order valence-corrected chi connectivity index (χ4v) is 2.43. The van der Waals surface area contributed by atoms with Gasteiger partial charge in [0.05, 0.1) is 0 Å². The summed E-state index contributed by atoms with van der Waals surface area (Å²) in [6, 6.07) is 6.00. The van der Waals surface area contributed by atoms with Crippen molar-refractivity contribution in [2.24, 2.45) is 0 Å². The molecule has 0 heterocycles. The molecule has 1 fully saturated rings. The lowest BCUT2D eigenvalue weighted by atomic mass is 10.1. The van der Waals surface area contributed by atoms with Crippen molar-refractivity contribution in [2.75, 3.05) is 0 Å². The number of hydrogen-bond donors (Lipinski definition) is 3. The molecule has 3 unspecified atom stereocenters. The van der Waals surface area contributed by atoms with Crippen LogP contribution < -0.4 is 10.6 Å². The molecule has 3 N–H and O–H groups in total. The lowest BCUT2D eigenvalue weighted by Gasteiger charge is -2.20. The summed E-state index contributed by atoms with van der Waals surface area (Å²) in [5, 5.41) is 16.3. The molecule has 1 saturated carbocycles. The van der Waals surface area contributed by atoms with Crippen LogP contribution in [0.15, 0.2) is 18.2 Å². The van der Waals surface area contributed by atoms with Gasteiger partial charge in [0.15, 0.2) is 0 Å². The topological polar surface area (TPSA) is 70.6 Å². The molecule has 22 heavy (non-hydrogen) atoms. The van der Waals surface area contributed by atoms with E-state index in [0.29, 0.717) is 5.75 Å². The lowest BCUT2D eigenvalue weighted by molar-refractivity contribution is 0.0522. The molecule has 5 nitrogen and oxygen atoms in total. The third-order valence-electron chi connectivity index (χ3n) is 3.61. The van der Waals surface area contributed by atoms with Gasteiger partial charge >= 0.3 is 6.09 Å². The Morgan fingerprint density at radius 2 is 2.05 bits per heavy atom. The molecule has 0 aromatic heterocycles. The molecule has 0 spiro atoms. The van der Waals surface area contributed by atoms with E-state index in [4.69, 9.17) is 4.74 Å². The van der Waals surface area contributed by atoms with Crippen LogP contribution in [0, 0.1) is 6.92 Å². The number of rotatable bonds is 4. The summed E-state index contributed by atoms with van der Waals surface area (Å²) >= 11 is 0. The molecule has 0 aliphatic heterocycles. The number of alkyl carbamates (subject to hydrolysis) is 1. The fraction of sp³-hybridized carbons (Fsp3) is 0.588. The number of phenolic OH excluding ortho intramolecular Hbond substituents is 1. The Labute approximate surface area is 132 Å². The minimum absolute atomic E-state index is 0.0241. The molecule has 0 radical (unpaired) electrons. The monoisotopic (exact) mass is 306 g/mol. The van der Waals surface area contributed by atoms with E-state index in [-0.39, 0.29) is 24.2 Å². The van der Waals surface area contributed by atoms with Crippen LogP contribution in [0.2, 0.25) is 0 Å². The quantitative estimate of drug-likeness (QED) is 0.799. The van der Waals surface area contributed by atoms with Crippen LogP contribution in [0.3, 0.4) is 0 Å². The summed E-state index contributed by atoms with van der Waals surface area (Å²) in [4.78, 5) is 11.7. The molecule has 1 aliphatic rings. The van der Waals surface area contributed by atoms with Gasteiger partial charge in [-0.15, -0.1) is 0 Å². The summed E-state index contributed by atoms with van der Waals surface area (Å²) in [7, 11) is 0. The standard InChI is InChI=1S/C17H26N2O3/c1-10-6-7-12(15(20)8-10)11(2)18-13-9-14(13)19-16(21)22-17(3,4)5/h6-8,11,13-14,18,20H,9H2,1-5H3,(H,19,21). The molecule has 5 heteroatoms. The maximum Gasteiger partial charge on any atom is 0.407 e. The highest BCUT2D eigenvalue weighted by Gasteiger charge is 2.40. The molecule has 1 aromatic carbocycles. The van der Waals surface area contributed by atoms with Gasteiger partial charge in [0.1, 0.15) is 11.4 Å². The SMILES string of the molecule is Cc1ccc(C(C)NC2CC2NC(=O)OC(C)(C)C)c(O)c1. The molecule has 0 saturated heterocycles. The number of nitrogens with one attached hydrogen (secondary N) is 2. The van der Waals surface area contributed by atoms with Crippen molar-refractivity contribution in [2.45, 2.75) is 64.8 Å². The van der Waals surface area contributed by atoms with Crippen LogP contribution in [-0.4, -0.2) is 28.9 Å². The highest BCUT2D eigenvalue weighted by atomic mass is 16.6. The number of ether oxygens (including phenoxy) is 1. The number of hydrogen-bond acceptors (Lipinski definition) is 4. The van der Waals surface area contributed by atoms with Crippen molar-refractivity contribution in [3.05, 3.63) is 29.3 Å². The number of carbonyl (C=O) groups is 1. The lowest BCUT2D eigenvalue weighted by Crippen LogP contribution is -2.37. The van der Waals surface area contributed by atoms with Gasteiger partial charge in [0.25, 0.3) is 0 Å². The van der Waals surface area contributed by atoms with E-state index >= 15 is 0 Å². The Kier molecular flexibility index (Phi) is 4.66. The third kappa shape index (κ3) is 4.63.